The third-order valence-electron chi connectivity index (χ3n) is 5.11. The van der Waals surface area contributed by atoms with Crippen LogP contribution in [0.25, 0.3) is 0 Å². The number of carbonyl (C=O) groups is 3. The Morgan fingerprint density at radius 1 is 1.23 bits per heavy atom. The van der Waals surface area contributed by atoms with Crippen LogP contribution >= 0.6 is 0 Å². The highest BCUT2D eigenvalue weighted by Crippen LogP contribution is 2.45. The molecule has 0 radical (unpaired) electrons. The lowest BCUT2D eigenvalue weighted by molar-refractivity contribution is -0.137. The molecule has 0 fully saturated rings. The molecule has 0 saturated heterocycles. The number of amides is 2. The minimum absolute atomic E-state index is 0.0111. The zero-order valence-corrected chi connectivity index (χ0v) is 17.0. The lowest BCUT2D eigenvalue weighted by Crippen LogP contribution is -2.47. The van der Waals surface area contributed by atoms with Crippen LogP contribution in [0.3, 0.4) is 0 Å². The summed E-state index contributed by atoms with van der Waals surface area (Å²) < 4.78 is 40.0. The molecule has 0 bridgehead atoms. The highest BCUT2D eigenvalue weighted by atomic mass is 19.4. The lowest BCUT2D eigenvalue weighted by atomic mass is 9.93. The summed E-state index contributed by atoms with van der Waals surface area (Å²) in [6.07, 6.45) is -3.88. The van der Waals surface area contributed by atoms with Crippen molar-refractivity contribution in [3.8, 4) is 0 Å². The SMILES string of the molecule is Cc1cccc(N2C(=O)C(C(C)NNC(=O)CCC=O)c3ccc(C(F)(F)F)cc32)c1. The van der Waals surface area contributed by atoms with Crippen LogP contribution in [0.5, 0.6) is 0 Å². The average Bonchev–Trinajstić information content (AvgIpc) is 3.00. The molecule has 0 spiro atoms. The second-order valence-electron chi connectivity index (χ2n) is 7.45. The van der Waals surface area contributed by atoms with Gasteiger partial charge in [-0.2, -0.15) is 13.2 Å². The molecule has 6 nitrogen and oxygen atoms in total. The topological polar surface area (TPSA) is 78.5 Å². The largest absolute Gasteiger partial charge is 0.416 e. The number of hydrogen-bond donors (Lipinski definition) is 2. The number of halogens is 3. The molecule has 2 unspecified atom stereocenters. The number of hydrazine groups is 1. The van der Waals surface area contributed by atoms with Crippen molar-refractivity contribution < 1.29 is 27.6 Å². The molecule has 0 aromatic heterocycles. The van der Waals surface area contributed by atoms with Gasteiger partial charge >= 0.3 is 6.18 Å². The number of rotatable bonds is 7. The summed E-state index contributed by atoms with van der Waals surface area (Å²) in [6, 6.07) is 9.57. The van der Waals surface area contributed by atoms with Gasteiger partial charge in [-0.3, -0.25) is 19.9 Å². The first-order chi connectivity index (χ1) is 14.6. The summed E-state index contributed by atoms with van der Waals surface area (Å²) in [7, 11) is 0. The molecular weight excluding hydrogens is 411 g/mol. The Morgan fingerprint density at radius 2 is 1.97 bits per heavy atom. The Bertz CT molecular complexity index is 1010. The van der Waals surface area contributed by atoms with Crippen LogP contribution in [0.1, 0.15) is 42.4 Å². The molecule has 2 amide bonds. The fraction of sp³-hybridized carbons (Fsp3) is 0.318. The number of anilines is 2. The number of aryl methyl sites for hydroxylation is 1. The lowest BCUT2D eigenvalue weighted by Gasteiger charge is -2.22. The van der Waals surface area contributed by atoms with E-state index in [-0.39, 0.29) is 18.5 Å². The third kappa shape index (κ3) is 4.77. The number of carbonyl (C=O) groups excluding carboxylic acids is 3. The molecule has 3 rings (SSSR count). The second kappa shape index (κ2) is 8.89. The maximum absolute atomic E-state index is 13.3. The Labute approximate surface area is 177 Å². The number of alkyl halides is 3. The predicted octanol–water partition coefficient (Wildman–Crippen LogP) is 3.76. The van der Waals surface area contributed by atoms with Gasteiger partial charge in [0.1, 0.15) is 6.29 Å². The molecule has 0 saturated carbocycles. The van der Waals surface area contributed by atoms with Crippen LogP contribution in [0, 0.1) is 6.92 Å². The Morgan fingerprint density at radius 3 is 2.61 bits per heavy atom. The van der Waals surface area contributed by atoms with E-state index < -0.39 is 35.5 Å². The van der Waals surface area contributed by atoms with Gasteiger partial charge in [-0.05, 0) is 49.2 Å². The van der Waals surface area contributed by atoms with Crippen molar-refractivity contribution in [1.82, 2.24) is 10.9 Å². The van der Waals surface area contributed by atoms with Crippen molar-refractivity contribution in [3.05, 3.63) is 59.2 Å². The first-order valence-corrected chi connectivity index (χ1v) is 9.73. The van der Waals surface area contributed by atoms with Crippen LogP contribution in [0.4, 0.5) is 24.5 Å². The fourth-order valence-electron chi connectivity index (χ4n) is 3.61. The van der Waals surface area contributed by atoms with Crippen molar-refractivity contribution in [2.24, 2.45) is 0 Å². The molecule has 2 aromatic rings. The standard InChI is InChI=1S/C22H22F3N3O3/c1-13-5-3-6-16(11-13)28-18-12-15(22(23,24)25)8-9-17(18)20(21(28)31)14(2)26-27-19(30)7-4-10-29/h3,5-6,8-12,14,20,26H,4,7H2,1-2H3,(H,27,30). The van der Waals surface area contributed by atoms with Gasteiger partial charge in [0, 0.05) is 24.6 Å². The molecule has 2 aromatic carbocycles. The van der Waals surface area contributed by atoms with Crippen LogP contribution in [0.2, 0.25) is 0 Å². The van der Waals surface area contributed by atoms with E-state index in [1.165, 1.54) is 11.0 Å². The molecule has 164 valence electrons. The highest BCUT2D eigenvalue weighted by Gasteiger charge is 2.43. The van der Waals surface area contributed by atoms with Crippen molar-refractivity contribution in [1.29, 1.82) is 0 Å². The minimum atomic E-state index is -4.55. The maximum Gasteiger partial charge on any atom is 0.416 e. The number of nitrogens with zero attached hydrogens (tertiary/aromatic N) is 1. The molecule has 2 atom stereocenters. The van der Waals surface area contributed by atoms with Crippen molar-refractivity contribution in [3.63, 3.8) is 0 Å². The van der Waals surface area contributed by atoms with Crippen LogP contribution < -0.4 is 15.8 Å². The number of hydrogen-bond acceptors (Lipinski definition) is 4. The first-order valence-electron chi connectivity index (χ1n) is 9.73. The molecule has 1 heterocycles. The summed E-state index contributed by atoms with van der Waals surface area (Å²) in [5.41, 5.74) is 6.27. The molecule has 31 heavy (non-hydrogen) atoms. The number of nitrogens with one attached hydrogen (secondary N) is 2. The van der Waals surface area contributed by atoms with Gasteiger partial charge in [0.2, 0.25) is 11.8 Å². The summed E-state index contributed by atoms with van der Waals surface area (Å²) in [5.74, 6) is -1.64. The van der Waals surface area contributed by atoms with Gasteiger partial charge in [0.15, 0.2) is 0 Å². The van der Waals surface area contributed by atoms with E-state index in [9.17, 15) is 27.6 Å². The zero-order chi connectivity index (χ0) is 22.8. The number of benzene rings is 2. The van der Waals surface area contributed by atoms with Crippen molar-refractivity contribution >= 4 is 29.5 Å². The van der Waals surface area contributed by atoms with E-state index in [0.29, 0.717) is 17.5 Å². The van der Waals surface area contributed by atoms with E-state index in [2.05, 4.69) is 10.9 Å². The molecular formula is C22H22F3N3O3. The minimum Gasteiger partial charge on any atom is -0.303 e. The van der Waals surface area contributed by atoms with Gasteiger partial charge in [0.05, 0.1) is 17.2 Å². The Kier molecular flexibility index (Phi) is 6.45. The zero-order valence-electron chi connectivity index (χ0n) is 17.0. The molecule has 1 aliphatic rings. The average molecular weight is 433 g/mol. The summed E-state index contributed by atoms with van der Waals surface area (Å²) in [6.45, 7) is 3.48. The molecule has 2 N–H and O–H groups in total. The molecule has 0 aliphatic carbocycles. The van der Waals surface area contributed by atoms with E-state index in [1.807, 2.05) is 13.0 Å². The van der Waals surface area contributed by atoms with Crippen molar-refractivity contribution in [2.45, 2.75) is 44.8 Å². The smallest absolute Gasteiger partial charge is 0.303 e. The quantitative estimate of drug-likeness (QED) is 0.515. The van der Waals surface area contributed by atoms with Crippen molar-refractivity contribution in [2.75, 3.05) is 4.90 Å². The normalized spacial score (nSPS) is 16.7. The monoisotopic (exact) mass is 433 g/mol. The second-order valence-corrected chi connectivity index (χ2v) is 7.45. The summed E-state index contributed by atoms with van der Waals surface area (Å²) in [5, 5.41) is 0. The van der Waals surface area contributed by atoms with E-state index >= 15 is 0 Å². The van der Waals surface area contributed by atoms with Gasteiger partial charge in [-0.15, -0.1) is 0 Å². The predicted molar refractivity (Wildman–Crippen MR) is 109 cm³/mol. The van der Waals surface area contributed by atoms with Crippen LogP contribution in [-0.2, 0) is 20.6 Å². The van der Waals surface area contributed by atoms with Gasteiger partial charge in [0.25, 0.3) is 0 Å². The molecule has 9 heteroatoms. The Hall–Kier alpha value is -3.20. The van der Waals surface area contributed by atoms with E-state index in [4.69, 9.17) is 0 Å². The summed E-state index contributed by atoms with van der Waals surface area (Å²) >= 11 is 0. The third-order valence-corrected chi connectivity index (χ3v) is 5.11. The fourth-order valence-corrected chi connectivity index (χ4v) is 3.61. The Balaban J connectivity index is 1.96. The van der Waals surface area contributed by atoms with Crippen LogP contribution in [0.15, 0.2) is 42.5 Å². The number of fused-ring (bicyclic) bond motifs is 1. The molecule has 1 aliphatic heterocycles. The van der Waals surface area contributed by atoms with Crippen LogP contribution in [-0.4, -0.2) is 24.1 Å². The number of aldehydes is 1. The first kappa shape index (κ1) is 22.5. The van der Waals surface area contributed by atoms with Gasteiger partial charge < -0.3 is 4.79 Å². The maximum atomic E-state index is 13.3. The van der Waals surface area contributed by atoms with E-state index in [1.54, 1.807) is 25.1 Å². The highest BCUT2D eigenvalue weighted by molar-refractivity contribution is 6.10. The summed E-state index contributed by atoms with van der Waals surface area (Å²) in [4.78, 5) is 36.8. The van der Waals surface area contributed by atoms with E-state index in [0.717, 1.165) is 17.7 Å². The van der Waals surface area contributed by atoms with Gasteiger partial charge in [-0.1, -0.05) is 18.2 Å². The van der Waals surface area contributed by atoms with Gasteiger partial charge in [-0.25, -0.2) is 5.43 Å².